The number of ether oxygens (including phenoxy) is 4. The van der Waals surface area contributed by atoms with Gasteiger partial charge in [0.05, 0.1) is 33.4 Å². The van der Waals surface area contributed by atoms with Gasteiger partial charge in [-0.25, -0.2) is 4.98 Å². The number of aromatic nitrogens is 1. The summed E-state index contributed by atoms with van der Waals surface area (Å²) in [6.45, 7) is 5.34. The van der Waals surface area contributed by atoms with Crippen molar-refractivity contribution in [1.29, 1.82) is 0 Å². The van der Waals surface area contributed by atoms with Gasteiger partial charge in [0.15, 0.2) is 17.4 Å². The van der Waals surface area contributed by atoms with Crippen LogP contribution in [0.2, 0.25) is 5.02 Å². The van der Waals surface area contributed by atoms with E-state index in [0.717, 1.165) is 0 Å². The van der Waals surface area contributed by atoms with Crippen molar-refractivity contribution in [3.8, 4) is 11.5 Å². The second-order valence-electron chi connectivity index (χ2n) is 10.7. The maximum absolute atomic E-state index is 14.3. The van der Waals surface area contributed by atoms with E-state index >= 15 is 0 Å². The Hall–Kier alpha value is -2.83. The molecule has 1 aliphatic heterocycles. The van der Waals surface area contributed by atoms with Gasteiger partial charge >= 0.3 is 49.7 Å². The number of hydrogen-bond acceptors (Lipinski definition) is 9. The summed E-state index contributed by atoms with van der Waals surface area (Å²) in [7, 11) is 3.04. The van der Waals surface area contributed by atoms with E-state index in [9.17, 15) is 14.4 Å². The molecule has 2 aromatic carbocycles. The normalized spacial score (nSPS) is 16.5. The standard InChI is InChI=1S/C30H33ClN2O9.Ca.2H/c1-17(34)40-16-30(2,3)15-33-22-10-9-18(31)11-21(22)27(20-7-6-8-23(38-4)28(20)39-5)42-24(29(33)37)13-25-32-14-19(41-25)12-26(35)36;;;/h6-11,14,24,27H,12-13,15-16H2,1-5H3,(H,35,36);;;/q;+2;2*-1/t24-,27-;;;/m1.../s1. The van der Waals surface area contributed by atoms with Crippen LogP contribution in [0, 0.1) is 5.41 Å². The van der Waals surface area contributed by atoms with Gasteiger partial charge in [0, 0.05) is 40.7 Å². The van der Waals surface area contributed by atoms with Crippen molar-refractivity contribution in [3.05, 3.63) is 70.4 Å². The van der Waals surface area contributed by atoms with E-state index in [2.05, 4.69) is 4.98 Å². The zero-order valence-corrected chi connectivity index (χ0v) is 27.7. The molecule has 0 aliphatic carbocycles. The van der Waals surface area contributed by atoms with Gasteiger partial charge in [-0.1, -0.05) is 37.6 Å². The third-order valence-electron chi connectivity index (χ3n) is 6.66. The van der Waals surface area contributed by atoms with E-state index in [1.165, 1.54) is 27.3 Å². The molecule has 0 saturated heterocycles. The molecule has 13 heteroatoms. The molecule has 3 aromatic rings. The van der Waals surface area contributed by atoms with Gasteiger partial charge in [0.25, 0.3) is 5.91 Å². The number of esters is 1. The number of amides is 1. The van der Waals surface area contributed by atoms with Crippen LogP contribution in [0.15, 0.2) is 47.0 Å². The number of anilines is 1. The predicted octanol–water partition coefficient (Wildman–Crippen LogP) is 4.47. The fraction of sp³-hybridized carbons (Fsp3) is 0.400. The van der Waals surface area contributed by atoms with Crippen molar-refractivity contribution in [3.63, 3.8) is 0 Å². The molecule has 1 amide bonds. The molecule has 0 radical (unpaired) electrons. The number of rotatable bonds is 11. The largest absolute Gasteiger partial charge is 2.00 e. The van der Waals surface area contributed by atoms with Gasteiger partial charge in [-0.05, 0) is 24.3 Å². The molecule has 2 atom stereocenters. The van der Waals surface area contributed by atoms with Gasteiger partial charge in [0.2, 0.25) is 0 Å². The first-order chi connectivity index (χ1) is 19.9. The molecule has 0 fully saturated rings. The summed E-state index contributed by atoms with van der Waals surface area (Å²) in [6.07, 6.45) is -1.06. The second-order valence-corrected chi connectivity index (χ2v) is 11.1. The molecule has 4 rings (SSSR count). The van der Waals surface area contributed by atoms with Gasteiger partial charge in [0.1, 0.15) is 24.4 Å². The van der Waals surface area contributed by atoms with Crippen LogP contribution in [0.3, 0.4) is 0 Å². The van der Waals surface area contributed by atoms with Gasteiger partial charge in [-0.15, -0.1) is 0 Å². The first-order valence-electron chi connectivity index (χ1n) is 13.2. The van der Waals surface area contributed by atoms with E-state index in [-0.39, 0.29) is 78.2 Å². The van der Waals surface area contributed by atoms with Crippen molar-refractivity contribution in [2.24, 2.45) is 5.41 Å². The number of para-hydroxylation sites is 1. The molecular weight excluding hydrogens is 608 g/mol. The number of fused-ring (bicyclic) bond motifs is 1. The van der Waals surface area contributed by atoms with Crippen LogP contribution in [0.25, 0.3) is 0 Å². The van der Waals surface area contributed by atoms with Crippen molar-refractivity contribution in [1.82, 2.24) is 4.98 Å². The number of carbonyl (C=O) groups is 3. The van der Waals surface area contributed by atoms with Gasteiger partial charge in [-0.3, -0.25) is 14.4 Å². The summed E-state index contributed by atoms with van der Waals surface area (Å²) in [5.74, 6) is -0.701. The zero-order chi connectivity index (χ0) is 30.6. The minimum atomic E-state index is -1.11. The average Bonchev–Trinajstić information content (AvgIpc) is 3.34. The van der Waals surface area contributed by atoms with Gasteiger partial charge < -0.3 is 36.2 Å². The Morgan fingerprint density at radius 2 is 1.91 bits per heavy atom. The monoisotopic (exact) mass is 642 g/mol. The Morgan fingerprint density at radius 1 is 1.16 bits per heavy atom. The number of oxazole rings is 1. The Kier molecular flexibility index (Phi) is 11.9. The molecule has 0 unspecified atom stereocenters. The summed E-state index contributed by atoms with van der Waals surface area (Å²) in [6, 6.07) is 10.5. The van der Waals surface area contributed by atoms with Crippen molar-refractivity contribution >= 4 is 72.9 Å². The van der Waals surface area contributed by atoms with E-state index in [0.29, 0.717) is 33.3 Å². The Morgan fingerprint density at radius 3 is 2.56 bits per heavy atom. The molecule has 0 saturated carbocycles. The quantitative estimate of drug-likeness (QED) is 0.236. The van der Waals surface area contributed by atoms with Crippen LogP contribution < -0.4 is 14.4 Å². The van der Waals surface area contributed by atoms with E-state index in [1.807, 2.05) is 19.9 Å². The predicted molar refractivity (Wildman–Crippen MR) is 160 cm³/mol. The van der Waals surface area contributed by atoms with E-state index in [1.54, 1.807) is 35.2 Å². The number of carboxylic acid groups (broad SMARTS) is 1. The molecule has 43 heavy (non-hydrogen) atoms. The first kappa shape index (κ1) is 34.7. The fourth-order valence-electron chi connectivity index (χ4n) is 4.83. The van der Waals surface area contributed by atoms with Crippen molar-refractivity contribution < 1.29 is 45.7 Å². The number of carboxylic acids is 1. The van der Waals surface area contributed by atoms with Crippen LogP contribution in [0.5, 0.6) is 11.5 Å². The smallest absolute Gasteiger partial charge is 1.00 e. The number of benzene rings is 2. The minimum absolute atomic E-state index is 0. The average molecular weight is 643 g/mol. The van der Waals surface area contributed by atoms with Crippen LogP contribution >= 0.6 is 11.6 Å². The first-order valence-corrected chi connectivity index (χ1v) is 13.6. The summed E-state index contributed by atoms with van der Waals surface area (Å²) in [4.78, 5) is 42.8. The van der Waals surface area contributed by atoms with E-state index in [4.69, 9.17) is 40.1 Å². The number of nitrogens with zero attached hydrogens (tertiary/aromatic N) is 2. The molecular formula is C30H35CaClN2O9. The fourth-order valence-corrected chi connectivity index (χ4v) is 5.01. The topological polar surface area (TPSA) is 138 Å². The molecule has 1 aliphatic rings. The van der Waals surface area contributed by atoms with E-state index < -0.39 is 35.5 Å². The molecule has 228 valence electrons. The summed E-state index contributed by atoms with van der Waals surface area (Å²) in [5.41, 5.74) is 1.11. The summed E-state index contributed by atoms with van der Waals surface area (Å²) < 4.78 is 28.8. The maximum atomic E-state index is 14.3. The SMILES string of the molecule is COc1cccc([C@H]2O[C@H](Cc3ncc(CC(=O)O)o3)C(=O)N(CC(C)(C)COC(C)=O)c3ccc(Cl)cc32)c1OC.[Ca+2].[H-].[H-]. The summed E-state index contributed by atoms with van der Waals surface area (Å²) in [5, 5.41) is 9.57. The summed E-state index contributed by atoms with van der Waals surface area (Å²) >= 11 is 6.48. The zero-order valence-electron chi connectivity index (χ0n) is 26.7. The number of carbonyl (C=O) groups excluding carboxylic acids is 2. The number of aliphatic carboxylic acids is 1. The van der Waals surface area contributed by atoms with Gasteiger partial charge in [-0.2, -0.15) is 0 Å². The minimum Gasteiger partial charge on any atom is -1.00 e. The van der Waals surface area contributed by atoms with Crippen LogP contribution in [0.4, 0.5) is 5.69 Å². The molecule has 2 heterocycles. The second kappa shape index (κ2) is 14.8. The number of methoxy groups -OCH3 is 2. The molecule has 11 nitrogen and oxygen atoms in total. The molecule has 0 spiro atoms. The Labute approximate surface area is 287 Å². The van der Waals surface area contributed by atoms with Crippen molar-refractivity contribution in [2.75, 3.05) is 32.3 Å². The Balaban J connectivity index is 0.00000337. The van der Waals surface area contributed by atoms with Crippen LogP contribution in [0.1, 0.15) is 52.5 Å². The third-order valence-corrected chi connectivity index (χ3v) is 6.89. The Bertz CT molecular complexity index is 1490. The number of hydrogen-bond donors (Lipinski definition) is 1. The molecule has 1 N–H and O–H groups in total. The van der Waals surface area contributed by atoms with Crippen LogP contribution in [-0.4, -0.2) is 99.1 Å². The number of halogens is 1. The maximum Gasteiger partial charge on any atom is 2.00 e. The molecule has 0 bridgehead atoms. The molecule has 1 aromatic heterocycles. The van der Waals surface area contributed by atoms with Crippen LogP contribution in [-0.2, 0) is 36.7 Å². The third kappa shape index (κ3) is 8.42. The van der Waals surface area contributed by atoms with Crippen molar-refractivity contribution in [2.45, 2.75) is 45.8 Å².